The van der Waals surface area contributed by atoms with Crippen molar-refractivity contribution >= 4 is 66.3 Å². The highest BCUT2D eigenvalue weighted by Crippen LogP contribution is 2.61. The van der Waals surface area contributed by atoms with Gasteiger partial charge < -0.3 is 28.4 Å². The van der Waals surface area contributed by atoms with Crippen molar-refractivity contribution < 1.29 is 46.8 Å². The molecule has 4 aromatic heterocycles. The molecule has 0 radical (unpaired) electrons. The van der Waals surface area contributed by atoms with Gasteiger partial charge >= 0.3 is 11.9 Å². The average Bonchev–Trinajstić information content (AvgIpc) is 1.57. The first-order valence-corrected chi connectivity index (χ1v) is 47.8. The maximum atomic E-state index is 16.0. The van der Waals surface area contributed by atoms with Crippen molar-refractivity contribution in [2.75, 3.05) is 26.4 Å². The molecule has 6 aromatic rings. The number of hydrogen-bond acceptors (Lipinski definition) is 12. The Hall–Kier alpha value is -4.69. The molecule has 4 aliphatic rings. The Labute approximate surface area is 538 Å². The number of halogens is 2. The van der Waals surface area contributed by atoms with E-state index in [-0.39, 0.29) is 31.8 Å². The maximum Gasteiger partial charge on any atom is 0.310 e. The van der Waals surface area contributed by atoms with Crippen LogP contribution >= 0.6 is 0 Å². The third-order valence-corrected chi connectivity index (χ3v) is 24.8. The summed E-state index contributed by atoms with van der Waals surface area (Å²) < 4.78 is 75.4. The summed E-state index contributed by atoms with van der Waals surface area (Å²) in [6.45, 7) is 47.6. The molecule has 4 atom stereocenters. The summed E-state index contributed by atoms with van der Waals surface area (Å²) in [5.74, 6) is 0.760. The largest absolute Gasteiger partial charge is 0.460 e. The zero-order valence-electron chi connectivity index (χ0n) is 58.2. The molecule has 0 N–H and O–H groups in total. The highest BCUT2D eigenvalue weighted by Gasteiger charge is 2.55. The van der Waals surface area contributed by atoms with Crippen molar-refractivity contribution in [2.24, 2.45) is 22.7 Å². The molecule has 10 rings (SSSR count). The minimum atomic E-state index is -1.31. The van der Waals surface area contributed by atoms with Crippen molar-refractivity contribution in [1.29, 1.82) is 0 Å². The van der Waals surface area contributed by atoms with Gasteiger partial charge in [0.2, 0.25) is 0 Å². The summed E-state index contributed by atoms with van der Waals surface area (Å²) >= 11 is 0. The average molecular weight is 1310 g/mol. The van der Waals surface area contributed by atoms with E-state index in [1.54, 1.807) is 6.07 Å². The van der Waals surface area contributed by atoms with Crippen LogP contribution in [0.5, 0.6) is 0 Å². The lowest BCUT2D eigenvalue weighted by Crippen LogP contribution is -2.25. The molecule has 90 heavy (non-hydrogen) atoms. The van der Waals surface area contributed by atoms with Crippen LogP contribution in [0.15, 0.2) is 24.3 Å². The lowest BCUT2D eigenvalue weighted by molar-refractivity contribution is -0.155. The molecule has 22 heteroatoms. The van der Waals surface area contributed by atoms with E-state index in [9.17, 15) is 9.59 Å². The Morgan fingerprint density at radius 1 is 0.544 bits per heavy atom. The molecule has 4 aliphatic carbocycles. The quantitative estimate of drug-likeness (QED) is 0.0288. The van der Waals surface area contributed by atoms with E-state index in [0.717, 1.165) is 61.2 Å². The number of benzene rings is 2. The second kappa shape index (κ2) is 26.2. The van der Waals surface area contributed by atoms with Crippen LogP contribution in [0, 0.1) is 34.3 Å². The fourth-order valence-electron chi connectivity index (χ4n) is 12.3. The zero-order valence-corrected chi connectivity index (χ0v) is 62.2. The van der Waals surface area contributed by atoms with Crippen LogP contribution in [0.4, 0.5) is 8.78 Å². The maximum absolute atomic E-state index is 16.0. The molecule has 0 spiro atoms. The first-order chi connectivity index (χ1) is 41.6. The van der Waals surface area contributed by atoms with Crippen molar-refractivity contribution in [3.63, 3.8) is 0 Å². The van der Waals surface area contributed by atoms with Crippen LogP contribution in [0.2, 0.25) is 103 Å². The number of carbonyl (C=O) groups is 2. The van der Waals surface area contributed by atoms with Gasteiger partial charge in [-0.25, -0.2) is 28.1 Å². The first kappa shape index (κ1) is 69.6. The molecule has 0 aliphatic heterocycles. The van der Waals surface area contributed by atoms with Crippen molar-refractivity contribution in [1.82, 2.24) is 38.7 Å². The van der Waals surface area contributed by atoms with Gasteiger partial charge in [0, 0.05) is 81.2 Å². The molecule has 16 nitrogen and oxygen atoms in total. The molecule has 2 saturated carbocycles. The predicted octanol–water partition coefficient (Wildman–Crippen LogP) is 15.3. The van der Waals surface area contributed by atoms with Gasteiger partial charge in [-0.3, -0.25) is 18.7 Å². The number of esters is 2. The fraction of sp³-hybridized carbons (Fsp3) is 0.676. The standard InChI is InChI=1S/2C34H53FN4O4Si2/c1-33(2,3)43-29(40)17-23-15-26(35)31-27(16-23)38(21-41-11-13-44(5,6)7)32(36-31)30-25-18-24-19-34(24,4)20-28(25)39(37-30)22-42-12-14-45(8,9)10;1-33(2,3)43-29(40)17-23-15-26(35)31-27(16-23)36-32(38(31)21-41-11-13-44(5,6)7)30-25-18-24-19-34(24,4)20-28(25)39(37-30)22-42-12-14-45(8,9)10/h2*15-16,24H,11-14,17-22H2,1-10H3/t2*24-,34-/m11/s1. The van der Waals surface area contributed by atoms with Crippen LogP contribution < -0.4 is 0 Å². The van der Waals surface area contributed by atoms with Crippen LogP contribution in [0.1, 0.15) is 102 Å². The molecule has 0 unspecified atom stereocenters. The lowest BCUT2D eigenvalue weighted by atomic mass is 9.87. The van der Waals surface area contributed by atoms with E-state index >= 15 is 8.78 Å². The lowest BCUT2D eigenvalue weighted by Gasteiger charge is -2.20. The number of imidazole rings is 2. The molecule has 2 aromatic carbocycles. The van der Waals surface area contributed by atoms with Gasteiger partial charge in [0.05, 0.1) is 23.9 Å². The molecule has 496 valence electrons. The Morgan fingerprint density at radius 2 is 0.933 bits per heavy atom. The molecule has 0 bridgehead atoms. The minimum Gasteiger partial charge on any atom is -0.460 e. The molecular weight excluding hydrogens is 1210 g/mol. The van der Waals surface area contributed by atoms with Gasteiger partial charge in [0.1, 0.15) is 66.4 Å². The summed E-state index contributed by atoms with van der Waals surface area (Å²) in [5.41, 5.74) is 8.53. The minimum absolute atomic E-state index is 0.0276. The molecule has 0 saturated heterocycles. The number of aromatic nitrogens is 8. The van der Waals surface area contributed by atoms with E-state index < -0.39 is 67.1 Å². The summed E-state index contributed by atoms with van der Waals surface area (Å²) in [4.78, 5) is 35.2. The Bertz CT molecular complexity index is 3500. The van der Waals surface area contributed by atoms with Crippen LogP contribution in [-0.2, 0) is 103 Å². The Balaban J connectivity index is 0.000000213. The predicted molar refractivity (Wildman–Crippen MR) is 365 cm³/mol. The van der Waals surface area contributed by atoms with E-state index in [1.165, 1.54) is 47.5 Å². The number of nitrogens with zero attached hydrogens (tertiary/aromatic N) is 8. The normalized spacial score (nSPS) is 19.9. The smallest absolute Gasteiger partial charge is 0.310 e. The third kappa shape index (κ3) is 18.0. The van der Waals surface area contributed by atoms with Crippen molar-refractivity contribution in [3.05, 3.63) is 69.5 Å². The number of ether oxygens (including phenoxy) is 6. The van der Waals surface area contributed by atoms with Gasteiger partial charge in [-0.15, -0.1) is 0 Å². The number of carbonyl (C=O) groups excluding carboxylic acids is 2. The van der Waals surface area contributed by atoms with Crippen molar-refractivity contribution in [3.8, 4) is 23.0 Å². The first-order valence-electron chi connectivity index (χ1n) is 32.9. The summed E-state index contributed by atoms with van der Waals surface area (Å²) in [5, 5.41) is 10.2. The van der Waals surface area contributed by atoms with Gasteiger partial charge in [-0.05, 0) is 162 Å². The van der Waals surface area contributed by atoms with E-state index in [2.05, 4.69) is 92.4 Å². The second-order valence-corrected chi connectivity index (χ2v) is 56.4. The molecule has 2 fully saturated rings. The topological polar surface area (TPSA) is 161 Å². The zero-order chi connectivity index (χ0) is 65.9. The molecule has 4 heterocycles. The highest BCUT2D eigenvalue weighted by molar-refractivity contribution is 6.77. The molecule has 0 amide bonds. The van der Waals surface area contributed by atoms with Crippen LogP contribution in [0.3, 0.4) is 0 Å². The third-order valence-electron chi connectivity index (χ3n) is 18.0. The number of hydrogen-bond donors (Lipinski definition) is 0. The Kier molecular flexibility index (Phi) is 20.3. The molecular formula is C68H106F2N8O8Si4. The second-order valence-electron chi connectivity index (χ2n) is 34.0. The monoisotopic (exact) mass is 1310 g/mol. The van der Waals surface area contributed by atoms with E-state index in [1.807, 2.05) is 66.1 Å². The van der Waals surface area contributed by atoms with Crippen LogP contribution in [-0.4, -0.2) is 121 Å². The van der Waals surface area contributed by atoms with Crippen LogP contribution in [0.25, 0.3) is 45.1 Å². The highest BCUT2D eigenvalue weighted by atomic mass is 28.3. The van der Waals surface area contributed by atoms with Gasteiger partial charge in [-0.1, -0.05) is 92.4 Å². The summed E-state index contributed by atoms with van der Waals surface area (Å²) in [7, 11) is -5.06. The Morgan fingerprint density at radius 3 is 1.36 bits per heavy atom. The number of rotatable bonds is 26. The summed E-state index contributed by atoms with van der Waals surface area (Å²) in [6.07, 6.45) is 6.13. The fourth-order valence-corrected chi connectivity index (χ4v) is 15.4. The number of fused-ring (bicyclic) bond motifs is 6. The van der Waals surface area contributed by atoms with E-state index in [0.29, 0.717) is 102 Å². The SMILES string of the molecule is CC(C)(C)OC(=O)Cc1cc(F)c2c(c1)nc(-c1nn(COCC[Si](C)(C)C)c3c1C[C@@H]1C[C@]1(C)C3)n2COCC[Si](C)(C)C.CC(C)(C)OC(=O)Cc1cc(F)c2nc(-c3nn(COCC[Si](C)(C)C)c4c3C[C@@H]3C[C@]3(C)C4)n(COCC[Si](C)(C)C)c2c1. The van der Waals surface area contributed by atoms with Gasteiger partial charge in [-0.2, -0.15) is 10.2 Å². The van der Waals surface area contributed by atoms with Gasteiger partial charge in [0.25, 0.3) is 0 Å². The van der Waals surface area contributed by atoms with Gasteiger partial charge in [0.15, 0.2) is 17.5 Å². The van der Waals surface area contributed by atoms with Crippen molar-refractivity contribution in [2.45, 2.75) is 248 Å². The van der Waals surface area contributed by atoms with E-state index in [4.69, 9.17) is 48.6 Å². The summed E-state index contributed by atoms with van der Waals surface area (Å²) in [6, 6.07) is 10.7.